The Morgan fingerprint density at radius 2 is 1.97 bits per heavy atom. The number of amides is 1. The third kappa shape index (κ3) is 3.60. The van der Waals surface area contributed by atoms with E-state index >= 15 is 0 Å². The first-order valence-electron chi connectivity index (χ1n) is 9.94. The highest BCUT2D eigenvalue weighted by atomic mass is 16.6. The topological polar surface area (TPSA) is 66.2 Å². The van der Waals surface area contributed by atoms with Crippen molar-refractivity contribution in [1.82, 2.24) is 10.3 Å². The van der Waals surface area contributed by atoms with Gasteiger partial charge in [-0.2, -0.15) is 0 Å². The van der Waals surface area contributed by atoms with Crippen LogP contribution in [0.4, 0.5) is 10.5 Å². The molecule has 0 saturated heterocycles. The fraction of sp³-hybridized carbons (Fsp3) is 0.292. The van der Waals surface area contributed by atoms with Crippen LogP contribution in [0.3, 0.4) is 0 Å². The molecule has 5 heteroatoms. The van der Waals surface area contributed by atoms with Gasteiger partial charge in [0.15, 0.2) is 0 Å². The number of nitrogens with one attached hydrogen (secondary N) is 3. The molecular formula is C24H27N3O2. The van der Waals surface area contributed by atoms with Gasteiger partial charge in [-0.3, -0.25) is 5.32 Å². The Kier molecular flexibility index (Phi) is 4.61. The Labute approximate surface area is 171 Å². The van der Waals surface area contributed by atoms with E-state index in [4.69, 9.17) is 4.74 Å². The highest BCUT2D eigenvalue weighted by Crippen LogP contribution is 2.36. The van der Waals surface area contributed by atoms with E-state index in [0.29, 0.717) is 0 Å². The van der Waals surface area contributed by atoms with Gasteiger partial charge < -0.3 is 15.0 Å². The molecule has 0 fully saturated rings. The van der Waals surface area contributed by atoms with E-state index in [0.717, 1.165) is 33.6 Å². The second-order valence-corrected chi connectivity index (χ2v) is 8.39. The molecule has 1 aromatic heterocycles. The van der Waals surface area contributed by atoms with E-state index in [1.165, 1.54) is 10.9 Å². The van der Waals surface area contributed by atoms with Crippen molar-refractivity contribution in [3.63, 3.8) is 0 Å². The Balaban J connectivity index is 1.74. The average molecular weight is 389 g/mol. The molecule has 2 aromatic carbocycles. The summed E-state index contributed by atoms with van der Waals surface area (Å²) in [6, 6.07) is 12.7. The zero-order valence-electron chi connectivity index (χ0n) is 17.5. The quantitative estimate of drug-likeness (QED) is 0.528. The summed E-state index contributed by atoms with van der Waals surface area (Å²) in [5, 5.41) is 7.65. The second-order valence-electron chi connectivity index (χ2n) is 8.39. The summed E-state index contributed by atoms with van der Waals surface area (Å²) in [6.45, 7) is 9.85. The molecule has 0 atom stereocenters. The number of aromatic amines is 1. The summed E-state index contributed by atoms with van der Waals surface area (Å²) in [6.07, 6.45) is 3.46. The maximum Gasteiger partial charge on any atom is 0.411 e. The van der Waals surface area contributed by atoms with Gasteiger partial charge in [0.05, 0.1) is 17.2 Å². The fourth-order valence-corrected chi connectivity index (χ4v) is 3.78. The maximum atomic E-state index is 12.2. The largest absolute Gasteiger partial charge is 0.447 e. The van der Waals surface area contributed by atoms with Crippen LogP contribution in [0.15, 0.2) is 48.3 Å². The number of ether oxygens (including phenoxy) is 1. The number of hydrogen-bond donors (Lipinski definition) is 3. The summed E-state index contributed by atoms with van der Waals surface area (Å²) >= 11 is 0. The number of fused-ring (bicyclic) bond motifs is 2. The van der Waals surface area contributed by atoms with Crippen LogP contribution < -0.4 is 10.6 Å². The zero-order valence-corrected chi connectivity index (χ0v) is 17.5. The smallest absolute Gasteiger partial charge is 0.411 e. The summed E-state index contributed by atoms with van der Waals surface area (Å²) in [7, 11) is 0. The van der Waals surface area contributed by atoms with Crippen LogP contribution in [0.25, 0.3) is 28.1 Å². The van der Waals surface area contributed by atoms with Gasteiger partial charge in [0.25, 0.3) is 0 Å². The van der Waals surface area contributed by atoms with Crippen molar-refractivity contribution >= 4 is 28.8 Å². The minimum absolute atomic E-state index is 0.168. The molecular weight excluding hydrogens is 362 g/mol. The van der Waals surface area contributed by atoms with Gasteiger partial charge in [-0.25, -0.2) is 4.79 Å². The van der Waals surface area contributed by atoms with Gasteiger partial charge >= 0.3 is 6.09 Å². The van der Waals surface area contributed by atoms with E-state index in [2.05, 4.69) is 58.9 Å². The second kappa shape index (κ2) is 6.99. The van der Waals surface area contributed by atoms with Crippen molar-refractivity contribution in [1.29, 1.82) is 0 Å². The first kappa shape index (κ1) is 19.1. The van der Waals surface area contributed by atoms with Crippen molar-refractivity contribution in [3.05, 3.63) is 59.4 Å². The van der Waals surface area contributed by atoms with Gasteiger partial charge in [-0.05, 0) is 64.0 Å². The van der Waals surface area contributed by atoms with Crippen molar-refractivity contribution in [2.24, 2.45) is 0 Å². The lowest BCUT2D eigenvalue weighted by Crippen LogP contribution is -2.44. The number of hydrogen-bond acceptors (Lipinski definition) is 3. The first-order valence-corrected chi connectivity index (χ1v) is 9.94. The van der Waals surface area contributed by atoms with Gasteiger partial charge in [0.2, 0.25) is 0 Å². The van der Waals surface area contributed by atoms with Crippen LogP contribution in [-0.4, -0.2) is 22.7 Å². The lowest BCUT2D eigenvalue weighted by molar-refractivity contribution is 0.117. The molecule has 1 amide bonds. The molecule has 0 aliphatic carbocycles. The van der Waals surface area contributed by atoms with E-state index in [1.54, 1.807) is 0 Å². The number of rotatable bonds is 3. The first-order chi connectivity index (χ1) is 13.7. The molecule has 2 heterocycles. The zero-order chi connectivity index (χ0) is 20.8. The Hall–Kier alpha value is -3.21. The summed E-state index contributed by atoms with van der Waals surface area (Å²) in [4.78, 5) is 15.5. The fourth-order valence-electron chi connectivity index (χ4n) is 3.78. The van der Waals surface area contributed by atoms with E-state index in [9.17, 15) is 4.79 Å². The number of alkyl carbamates (subject to hydrolysis) is 1. The molecule has 0 spiro atoms. The Morgan fingerprint density at radius 3 is 2.72 bits per heavy atom. The molecule has 1 aliphatic rings. The lowest BCUT2D eigenvalue weighted by Gasteiger charge is -2.35. The van der Waals surface area contributed by atoms with Crippen LogP contribution >= 0.6 is 0 Å². The number of aryl methyl sites for hydroxylation is 1. The van der Waals surface area contributed by atoms with Crippen LogP contribution in [-0.2, 0) is 4.74 Å². The maximum absolute atomic E-state index is 12.2. The molecule has 5 nitrogen and oxygen atoms in total. The van der Waals surface area contributed by atoms with Crippen LogP contribution in [0, 0.1) is 6.92 Å². The minimum atomic E-state index is -0.438. The van der Waals surface area contributed by atoms with E-state index in [-0.39, 0.29) is 6.10 Å². The van der Waals surface area contributed by atoms with E-state index < -0.39 is 11.6 Å². The van der Waals surface area contributed by atoms with Crippen molar-refractivity contribution in [3.8, 4) is 11.1 Å². The van der Waals surface area contributed by atoms with E-state index in [1.807, 2.05) is 40.0 Å². The molecule has 0 unspecified atom stereocenters. The molecule has 3 N–H and O–H groups in total. The van der Waals surface area contributed by atoms with Gasteiger partial charge in [0.1, 0.15) is 0 Å². The molecule has 1 aliphatic heterocycles. The van der Waals surface area contributed by atoms with Crippen LogP contribution in [0.2, 0.25) is 0 Å². The molecule has 0 radical (unpaired) electrons. The van der Waals surface area contributed by atoms with Crippen LogP contribution in [0.1, 0.15) is 38.8 Å². The van der Waals surface area contributed by atoms with Gasteiger partial charge in [-0.1, -0.05) is 24.3 Å². The SMILES string of the molecule is Cc1c[nH]c2c(-c3ccc4c(c3)C=C(NC(=O)OC(C)C)C(C)(C)N4)cccc12. The summed E-state index contributed by atoms with van der Waals surface area (Å²) in [5.74, 6) is 0. The highest BCUT2D eigenvalue weighted by molar-refractivity contribution is 5.97. The number of carbonyl (C=O) groups is 1. The highest BCUT2D eigenvalue weighted by Gasteiger charge is 2.30. The number of carbonyl (C=O) groups excluding carboxylic acids is 1. The Morgan fingerprint density at radius 1 is 1.17 bits per heavy atom. The molecule has 3 aromatic rings. The molecule has 29 heavy (non-hydrogen) atoms. The summed E-state index contributed by atoms with van der Waals surface area (Å²) < 4.78 is 5.26. The van der Waals surface area contributed by atoms with Crippen molar-refractivity contribution in [2.45, 2.75) is 46.3 Å². The van der Waals surface area contributed by atoms with Crippen LogP contribution in [0.5, 0.6) is 0 Å². The molecule has 0 saturated carbocycles. The summed E-state index contributed by atoms with van der Waals surface area (Å²) in [5.41, 5.74) is 7.08. The normalized spacial score (nSPS) is 14.9. The number of para-hydroxylation sites is 1. The minimum Gasteiger partial charge on any atom is -0.447 e. The predicted molar refractivity (Wildman–Crippen MR) is 119 cm³/mol. The monoisotopic (exact) mass is 389 g/mol. The standard InChI is InChI=1S/C24H27N3O2/c1-14(2)29-23(28)26-21-12-17-11-16(9-10-20(17)27-24(21,4)5)19-8-6-7-18-15(3)13-25-22(18)19/h6-14,25,27H,1-5H3,(H,26,28). The lowest BCUT2D eigenvalue weighted by atomic mass is 9.90. The van der Waals surface area contributed by atoms with Crippen molar-refractivity contribution < 1.29 is 9.53 Å². The molecule has 150 valence electrons. The van der Waals surface area contributed by atoms with Gasteiger partial charge in [-0.15, -0.1) is 0 Å². The third-order valence-corrected chi connectivity index (χ3v) is 5.28. The van der Waals surface area contributed by atoms with Gasteiger partial charge in [0, 0.05) is 34.1 Å². The number of H-pyrrole nitrogens is 1. The predicted octanol–water partition coefficient (Wildman–Crippen LogP) is 5.82. The number of anilines is 1. The molecule has 0 bridgehead atoms. The molecule has 4 rings (SSSR count). The Bertz CT molecular complexity index is 1120. The van der Waals surface area contributed by atoms with Crippen molar-refractivity contribution in [2.75, 3.05) is 5.32 Å². The third-order valence-electron chi connectivity index (χ3n) is 5.28. The average Bonchev–Trinajstić information content (AvgIpc) is 3.02. The number of aromatic nitrogens is 1. The number of benzene rings is 2.